The van der Waals surface area contributed by atoms with Crippen molar-refractivity contribution in [2.75, 3.05) is 39.4 Å². The number of aliphatic imine (C=N–C) groups is 1. The molecule has 0 aliphatic carbocycles. The van der Waals surface area contributed by atoms with E-state index in [1.165, 1.54) is 12.5 Å². The molecule has 28 heavy (non-hydrogen) atoms. The van der Waals surface area contributed by atoms with E-state index in [0.29, 0.717) is 17.9 Å². The number of halogens is 3. The zero-order valence-corrected chi connectivity index (χ0v) is 18.8. The van der Waals surface area contributed by atoms with Gasteiger partial charge in [-0.25, -0.2) is 13.8 Å². The van der Waals surface area contributed by atoms with Crippen molar-refractivity contribution < 1.29 is 13.5 Å². The van der Waals surface area contributed by atoms with Crippen molar-refractivity contribution in [2.45, 2.75) is 38.8 Å². The summed E-state index contributed by atoms with van der Waals surface area (Å²) in [5.74, 6) is 0.457. The number of ether oxygens (including phenoxy) is 1. The topological polar surface area (TPSA) is 48.9 Å². The van der Waals surface area contributed by atoms with Crippen LogP contribution in [0.5, 0.6) is 0 Å². The number of guanidine groups is 1. The van der Waals surface area contributed by atoms with Gasteiger partial charge in [-0.15, -0.1) is 24.0 Å². The number of likely N-dealkylation sites (tertiary alicyclic amines) is 1. The third-order valence-electron chi connectivity index (χ3n) is 5.23. The summed E-state index contributed by atoms with van der Waals surface area (Å²) in [6.07, 6.45) is 3.27. The first-order chi connectivity index (χ1) is 13.1. The fourth-order valence-electron chi connectivity index (χ4n) is 3.69. The number of rotatable bonds is 6. The third-order valence-corrected chi connectivity index (χ3v) is 5.23. The second kappa shape index (κ2) is 11.9. The average molecular weight is 508 g/mol. The summed E-state index contributed by atoms with van der Waals surface area (Å²) >= 11 is 0. The average Bonchev–Trinajstić information content (AvgIpc) is 3.17. The van der Waals surface area contributed by atoms with Gasteiger partial charge < -0.3 is 20.3 Å². The van der Waals surface area contributed by atoms with Crippen LogP contribution in [-0.4, -0.2) is 56.3 Å². The van der Waals surface area contributed by atoms with Crippen LogP contribution < -0.4 is 10.6 Å². The predicted molar refractivity (Wildman–Crippen MR) is 118 cm³/mol. The van der Waals surface area contributed by atoms with Crippen molar-refractivity contribution >= 4 is 29.9 Å². The lowest BCUT2D eigenvalue weighted by Gasteiger charge is -2.34. The molecule has 0 spiro atoms. The Morgan fingerprint density at radius 3 is 2.71 bits per heavy atom. The van der Waals surface area contributed by atoms with Gasteiger partial charge in [0, 0.05) is 44.4 Å². The van der Waals surface area contributed by atoms with Gasteiger partial charge >= 0.3 is 0 Å². The van der Waals surface area contributed by atoms with Crippen molar-refractivity contribution in [1.29, 1.82) is 0 Å². The van der Waals surface area contributed by atoms with E-state index in [4.69, 9.17) is 4.74 Å². The van der Waals surface area contributed by atoms with Crippen LogP contribution in [-0.2, 0) is 11.3 Å². The van der Waals surface area contributed by atoms with E-state index >= 15 is 0 Å². The lowest BCUT2D eigenvalue weighted by Crippen LogP contribution is -2.49. The van der Waals surface area contributed by atoms with E-state index in [0.717, 1.165) is 64.4 Å². The van der Waals surface area contributed by atoms with Gasteiger partial charge in [-0.05, 0) is 50.3 Å². The molecular weight excluding hydrogens is 477 g/mol. The molecule has 0 bridgehead atoms. The first-order valence-corrected chi connectivity index (χ1v) is 9.93. The summed E-state index contributed by atoms with van der Waals surface area (Å²) in [5.41, 5.74) is 0.265. The van der Waals surface area contributed by atoms with Crippen LogP contribution in [0.2, 0.25) is 0 Å². The number of nitrogens with zero attached hydrogens (tertiary/aromatic N) is 2. The first-order valence-electron chi connectivity index (χ1n) is 9.93. The number of benzene rings is 1. The molecule has 2 fully saturated rings. The Labute approximate surface area is 183 Å². The van der Waals surface area contributed by atoms with Gasteiger partial charge in [0.15, 0.2) is 5.96 Å². The lowest BCUT2D eigenvalue weighted by atomic mass is 10.0. The Balaban J connectivity index is 0.00000280. The molecule has 0 saturated carbocycles. The summed E-state index contributed by atoms with van der Waals surface area (Å²) in [5, 5.41) is 6.64. The molecule has 158 valence electrons. The molecule has 0 radical (unpaired) electrons. The molecule has 2 aliphatic rings. The van der Waals surface area contributed by atoms with Crippen LogP contribution in [0.1, 0.15) is 31.7 Å². The summed E-state index contributed by atoms with van der Waals surface area (Å²) in [6, 6.07) is 3.81. The normalized spacial score (nSPS) is 21.4. The van der Waals surface area contributed by atoms with Gasteiger partial charge in [0.2, 0.25) is 0 Å². The molecule has 1 unspecified atom stereocenters. The molecule has 5 nitrogen and oxygen atoms in total. The van der Waals surface area contributed by atoms with Gasteiger partial charge in [0.1, 0.15) is 11.6 Å². The smallest absolute Gasteiger partial charge is 0.191 e. The highest BCUT2D eigenvalue weighted by atomic mass is 127. The highest BCUT2D eigenvalue weighted by Crippen LogP contribution is 2.18. The molecule has 2 aliphatic heterocycles. The minimum absolute atomic E-state index is 0. The first kappa shape index (κ1) is 23.3. The Morgan fingerprint density at radius 1 is 1.25 bits per heavy atom. The van der Waals surface area contributed by atoms with Crippen molar-refractivity contribution in [1.82, 2.24) is 15.5 Å². The lowest BCUT2D eigenvalue weighted by molar-refractivity contribution is 0.150. The van der Waals surface area contributed by atoms with Crippen LogP contribution in [0.15, 0.2) is 23.2 Å². The zero-order valence-electron chi connectivity index (χ0n) is 16.4. The number of hydrogen-bond donors (Lipinski definition) is 2. The van der Waals surface area contributed by atoms with Crippen LogP contribution >= 0.6 is 24.0 Å². The van der Waals surface area contributed by atoms with Crippen LogP contribution in [0.25, 0.3) is 0 Å². The van der Waals surface area contributed by atoms with E-state index in [9.17, 15) is 8.78 Å². The van der Waals surface area contributed by atoms with Crippen molar-refractivity contribution in [2.24, 2.45) is 10.9 Å². The minimum atomic E-state index is -0.445. The Bertz CT molecular complexity index is 633. The maximum Gasteiger partial charge on any atom is 0.191 e. The van der Waals surface area contributed by atoms with Crippen molar-refractivity contribution in [3.05, 3.63) is 35.4 Å². The van der Waals surface area contributed by atoms with Gasteiger partial charge in [-0.1, -0.05) is 0 Å². The number of hydrogen-bond acceptors (Lipinski definition) is 3. The zero-order chi connectivity index (χ0) is 19.1. The minimum Gasteiger partial charge on any atom is -0.381 e. The molecule has 2 N–H and O–H groups in total. The summed E-state index contributed by atoms with van der Waals surface area (Å²) < 4.78 is 32.6. The molecule has 1 aromatic carbocycles. The predicted octanol–water partition coefficient (Wildman–Crippen LogP) is 3.14. The fraction of sp³-hybridized carbons (Fsp3) is 0.650. The van der Waals surface area contributed by atoms with Crippen molar-refractivity contribution in [3.8, 4) is 0 Å². The third kappa shape index (κ3) is 7.11. The highest BCUT2D eigenvalue weighted by molar-refractivity contribution is 14.0. The molecule has 2 heterocycles. The second-order valence-electron chi connectivity index (χ2n) is 7.38. The number of nitrogens with one attached hydrogen (secondary N) is 2. The van der Waals surface area contributed by atoms with Gasteiger partial charge in [0.25, 0.3) is 0 Å². The standard InChI is InChI=1S/C20H30F2N4O.HI/c1-2-23-20(24-12-16-11-17(21)3-4-19(16)22)25-18-5-8-26(9-6-18)13-15-7-10-27-14-15;/h3-4,11,15,18H,2,5-10,12-14H2,1H3,(H2,23,24,25);1H. The Kier molecular flexibility index (Phi) is 9.87. The summed E-state index contributed by atoms with van der Waals surface area (Å²) in [7, 11) is 0. The molecule has 1 atom stereocenters. The number of piperidine rings is 1. The molecule has 0 amide bonds. The maximum absolute atomic E-state index is 13.8. The van der Waals surface area contributed by atoms with Gasteiger partial charge in [-0.2, -0.15) is 0 Å². The monoisotopic (exact) mass is 508 g/mol. The quantitative estimate of drug-likeness (QED) is 0.352. The largest absolute Gasteiger partial charge is 0.381 e. The summed E-state index contributed by atoms with van der Waals surface area (Å²) in [6.45, 7) is 7.87. The van der Waals surface area contributed by atoms with Gasteiger partial charge in [0.05, 0.1) is 13.2 Å². The highest BCUT2D eigenvalue weighted by Gasteiger charge is 2.24. The van der Waals surface area contributed by atoms with E-state index in [1.54, 1.807) is 0 Å². The molecule has 0 aromatic heterocycles. The summed E-state index contributed by atoms with van der Waals surface area (Å²) in [4.78, 5) is 6.96. The Morgan fingerprint density at radius 2 is 2.04 bits per heavy atom. The van der Waals surface area contributed by atoms with E-state index < -0.39 is 11.6 Å². The Hall–Kier alpha value is -1.00. The molecule has 1 aromatic rings. The van der Waals surface area contributed by atoms with Crippen LogP contribution in [0.4, 0.5) is 8.78 Å². The molecule has 8 heteroatoms. The van der Waals surface area contributed by atoms with E-state index in [2.05, 4.69) is 20.5 Å². The van der Waals surface area contributed by atoms with E-state index in [1.807, 2.05) is 6.92 Å². The van der Waals surface area contributed by atoms with E-state index in [-0.39, 0.29) is 36.1 Å². The van der Waals surface area contributed by atoms with Crippen molar-refractivity contribution in [3.63, 3.8) is 0 Å². The molecule has 3 rings (SSSR count). The van der Waals surface area contributed by atoms with Gasteiger partial charge in [-0.3, -0.25) is 0 Å². The second-order valence-corrected chi connectivity index (χ2v) is 7.38. The van der Waals surface area contributed by atoms with Crippen LogP contribution in [0, 0.1) is 17.6 Å². The SMILES string of the molecule is CCNC(=NCc1cc(F)ccc1F)NC1CCN(CC2CCOC2)CC1.I. The fourth-order valence-corrected chi connectivity index (χ4v) is 3.69. The maximum atomic E-state index is 13.8. The molecule has 2 saturated heterocycles. The van der Waals surface area contributed by atoms with Crippen LogP contribution in [0.3, 0.4) is 0 Å². The molecular formula is C20H31F2IN4O.